The minimum atomic E-state index is -0.260. The molecule has 0 aliphatic carbocycles. The summed E-state index contributed by atoms with van der Waals surface area (Å²) in [5.74, 6) is -0.260. The molecule has 0 saturated heterocycles. The Morgan fingerprint density at radius 1 is 1.20 bits per heavy atom. The van der Waals surface area contributed by atoms with Crippen LogP contribution in [0.15, 0.2) is 48.7 Å². The lowest BCUT2D eigenvalue weighted by Gasteiger charge is -2.06. The predicted octanol–water partition coefficient (Wildman–Crippen LogP) is 4.29. The summed E-state index contributed by atoms with van der Waals surface area (Å²) in [5.41, 5.74) is 1.97. The van der Waals surface area contributed by atoms with Crippen LogP contribution in [0.25, 0.3) is 10.9 Å². The third-order valence-electron chi connectivity index (χ3n) is 3.30. The van der Waals surface area contributed by atoms with Gasteiger partial charge in [0.05, 0.1) is 12.1 Å². The van der Waals surface area contributed by atoms with Crippen LogP contribution in [-0.2, 0) is 6.54 Å². The Bertz CT molecular complexity index is 794. The number of fused-ring (bicyclic) bond motifs is 1. The SMILES string of the molecule is O=Cc1cn(Cc2ccccc2F)c2cc(Cl)ccc12. The number of aromatic nitrogens is 1. The van der Waals surface area contributed by atoms with Crippen molar-refractivity contribution in [2.45, 2.75) is 6.54 Å². The van der Waals surface area contributed by atoms with Gasteiger partial charge in [-0.2, -0.15) is 0 Å². The first kappa shape index (κ1) is 12.9. The van der Waals surface area contributed by atoms with Gasteiger partial charge in [0.25, 0.3) is 0 Å². The second kappa shape index (κ2) is 5.10. The number of hydrogen-bond acceptors (Lipinski definition) is 1. The summed E-state index contributed by atoms with van der Waals surface area (Å²) >= 11 is 6.00. The molecule has 2 aromatic carbocycles. The van der Waals surface area contributed by atoms with Crippen LogP contribution in [0.3, 0.4) is 0 Å². The number of carbonyl (C=O) groups excluding carboxylic acids is 1. The highest BCUT2D eigenvalue weighted by atomic mass is 35.5. The summed E-state index contributed by atoms with van der Waals surface area (Å²) in [4.78, 5) is 11.1. The number of aldehydes is 1. The van der Waals surface area contributed by atoms with Crippen LogP contribution >= 0.6 is 11.6 Å². The maximum Gasteiger partial charge on any atom is 0.152 e. The molecular formula is C16H11ClFNO. The third kappa shape index (κ3) is 2.21. The van der Waals surface area contributed by atoms with E-state index in [1.54, 1.807) is 42.6 Å². The molecule has 0 spiro atoms. The quantitative estimate of drug-likeness (QED) is 0.659. The van der Waals surface area contributed by atoms with Gasteiger partial charge in [-0.3, -0.25) is 4.79 Å². The minimum absolute atomic E-state index is 0.260. The summed E-state index contributed by atoms with van der Waals surface area (Å²) < 4.78 is 15.6. The van der Waals surface area contributed by atoms with E-state index in [4.69, 9.17) is 11.6 Å². The Hall–Kier alpha value is -2.13. The predicted molar refractivity (Wildman–Crippen MR) is 77.8 cm³/mol. The highest BCUT2D eigenvalue weighted by Crippen LogP contribution is 2.25. The average Bonchev–Trinajstić information content (AvgIpc) is 2.79. The standard InChI is InChI=1S/C16H11ClFNO/c17-13-5-6-14-12(10-20)9-19(16(14)7-13)8-11-3-1-2-4-15(11)18/h1-7,9-10H,8H2. The van der Waals surface area contributed by atoms with E-state index < -0.39 is 0 Å². The van der Waals surface area contributed by atoms with Crippen molar-refractivity contribution in [2.75, 3.05) is 0 Å². The third-order valence-corrected chi connectivity index (χ3v) is 3.54. The molecule has 0 aliphatic heterocycles. The molecule has 3 rings (SSSR count). The van der Waals surface area contributed by atoms with Gasteiger partial charge in [-0.05, 0) is 18.2 Å². The first-order valence-corrected chi connectivity index (χ1v) is 6.54. The summed E-state index contributed by atoms with van der Waals surface area (Å²) in [6.45, 7) is 0.358. The number of rotatable bonds is 3. The van der Waals surface area contributed by atoms with Crippen molar-refractivity contribution in [1.82, 2.24) is 4.57 Å². The second-order valence-electron chi connectivity index (χ2n) is 4.58. The van der Waals surface area contributed by atoms with Crippen LogP contribution in [0, 0.1) is 5.82 Å². The van der Waals surface area contributed by atoms with E-state index in [2.05, 4.69) is 0 Å². The van der Waals surface area contributed by atoms with Gasteiger partial charge in [-0.25, -0.2) is 4.39 Å². The number of nitrogens with zero attached hydrogens (tertiary/aromatic N) is 1. The van der Waals surface area contributed by atoms with Crippen LogP contribution in [0.4, 0.5) is 4.39 Å². The average molecular weight is 288 g/mol. The summed E-state index contributed by atoms with van der Waals surface area (Å²) in [6.07, 6.45) is 2.52. The Morgan fingerprint density at radius 2 is 2.00 bits per heavy atom. The van der Waals surface area contributed by atoms with E-state index >= 15 is 0 Å². The van der Waals surface area contributed by atoms with E-state index in [1.165, 1.54) is 6.07 Å². The first-order valence-electron chi connectivity index (χ1n) is 6.16. The molecule has 4 heteroatoms. The second-order valence-corrected chi connectivity index (χ2v) is 5.02. The normalized spacial score (nSPS) is 10.9. The highest BCUT2D eigenvalue weighted by molar-refractivity contribution is 6.31. The lowest BCUT2D eigenvalue weighted by Crippen LogP contribution is -2.00. The molecule has 1 heterocycles. The smallest absolute Gasteiger partial charge is 0.152 e. The molecule has 0 fully saturated rings. The zero-order chi connectivity index (χ0) is 14.1. The zero-order valence-electron chi connectivity index (χ0n) is 10.5. The fraction of sp³-hybridized carbons (Fsp3) is 0.0625. The molecule has 0 N–H and O–H groups in total. The number of halogens is 2. The van der Waals surface area contributed by atoms with Crippen molar-refractivity contribution in [1.29, 1.82) is 0 Å². The van der Waals surface area contributed by atoms with Gasteiger partial charge in [-0.1, -0.05) is 35.9 Å². The molecule has 0 aliphatic rings. The van der Waals surface area contributed by atoms with Gasteiger partial charge in [0.2, 0.25) is 0 Å². The molecule has 0 amide bonds. The van der Waals surface area contributed by atoms with Crippen molar-refractivity contribution in [3.05, 3.63) is 70.6 Å². The van der Waals surface area contributed by atoms with E-state index in [0.29, 0.717) is 22.7 Å². The molecule has 20 heavy (non-hydrogen) atoms. The van der Waals surface area contributed by atoms with Crippen LogP contribution in [0.5, 0.6) is 0 Å². The molecule has 0 bridgehead atoms. The summed E-state index contributed by atoms with van der Waals surface area (Å²) in [6, 6.07) is 11.9. The van der Waals surface area contributed by atoms with Crippen molar-refractivity contribution < 1.29 is 9.18 Å². The van der Waals surface area contributed by atoms with Crippen LogP contribution in [0.2, 0.25) is 5.02 Å². The highest BCUT2D eigenvalue weighted by Gasteiger charge is 2.10. The molecule has 100 valence electrons. The number of benzene rings is 2. The Balaban J connectivity index is 2.14. The topological polar surface area (TPSA) is 22.0 Å². The molecule has 1 aromatic heterocycles. The van der Waals surface area contributed by atoms with Crippen LogP contribution < -0.4 is 0 Å². The van der Waals surface area contributed by atoms with Gasteiger partial charge in [-0.15, -0.1) is 0 Å². The lowest BCUT2D eigenvalue weighted by atomic mass is 10.2. The first-order chi connectivity index (χ1) is 9.69. The summed E-state index contributed by atoms with van der Waals surface area (Å²) in [7, 11) is 0. The Morgan fingerprint density at radius 3 is 2.75 bits per heavy atom. The maximum absolute atomic E-state index is 13.7. The van der Waals surface area contributed by atoms with Gasteiger partial charge in [0.1, 0.15) is 5.82 Å². The van der Waals surface area contributed by atoms with Crippen molar-refractivity contribution >= 4 is 28.8 Å². The van der Waals surface area contributed by atoms with Crippen LogP contribution in [0.1, 0.15) is 15.9 Å². The molecule has 0 radical (unpaired) electrons. The number of carbonyl (C=O) groups is 1. The minimum Gasteiger partial charge on any atom is -0.342 e. The Kier molecular flexibility index (Phi) is 3.28. The molecule has 0 saturated carbocycles. The Labute approximate surface area is 120 Å². The summed E-state index contributed by atoms with van der Waals surface area (Å²) in [5, 5.41) is 1.41. The van der Waals surface area contributed by atoms with E-state index in [-0.39, 0.29) is 5.82 Å². The van der Waals surface area contributed by atoms with E-state index in [1.807, 2.05) is 4.57 Å². The van der Waals surface area contributed by atoms with Crippen molar-refractivity contribution in [3.63, 3.8) is 0 Å². The fourth-order valence-corrected chi connectivity index (χ4v) is 2.49. The van der Waals surface area contributed by atoms with E-state index in [0.717, 1.165) is 17.2 Å². The monoisotopic (exact) mass is 287 g/mol. The molecule has 0 atom stereocenters. The number of hydrogen-bond donors (Lipinski definition) is 0. The van der Waals surface area contributed by atoms with Crippen molar-refractivity contribution in [3.8, 4) is 0 Å². The zero-order valence-corrected chi connectivity index (χ0v) is 11.3. The van der Waals surface area contributed by atoms with Crippen LogP contribution in [-0.4, -0.2) is 10.9 Å². The lowest BCUT2D eigenvalue weighted by molar-refractivity contribution is 0.112. The molecule has 2 nitrogen and oxygen atoms in total. The maximum atomic E-state index is 13.7. The molecule has 0 unspecified atom stereocenters. The molecule has 3 aromatic rings. The fourth-order valence-electron chi connectivity index (χ4n) is 2.33. The van der Waals surface area contributed by atoms with E-state index in [9.17, 15) is 9.18 Å². The van der Waals surface area contributed by atoms with Gasteiger partial charge in [0, 0.05) is 27.7 Å². The van der Waals surface area contributed by atoms with Gasteiger partial charge >= 0.3 is 0 Å². The van der Waals surface area contributed by atoms with Gasteiger partial charge < -0.3 is 4.57 Å². The van der Waals surface area contributed by atoms with Crippen molar-refractivity contribution in [2.24, 2.45) is 0 Å². The van der Waals surface area contributed by atoms with Gasteiger partial charge in [0.15, 0.2) is 6.29 Å². The molecular weight excluding hydrogens is 277 g/mol. The largest absolute Gasteiger partial charge is 0.342 e.